The number of amides is 5. The largest absolute Gasteiger partial charge is 0.370 e. The fraction of sp³-hybridized carbons (Fsp3) is 0.364. The molecule has 1 fully saturated rings. The van der Waals surface area contributed by atoms with Crippen LogP contribution in [0.2, 0.25) is 4.34 Å². The van der Waals surface area contributed by atoms with Gasteiger partial charge in [-0.15, -0.1) is 11.3 Å². The van der Waals surface area contributed by atoms with E-state index in [9.17, 15) is 28.0 Å². The first-order valence-corrected chi connectivity index (χ1v) is 12.1. The smallest absolute Gasteiger partial charge is 0.315 e. The summed E-state index contributed by atoms with van der Waals surface area (Å²) < 4.78 is 33.1. The molecule has 194 valence electrons. The molecule has 0 saturated carbocycles. The second-order valence-corrected chi connectivity index (χ2v) is 9.25. The fourth-order valence-corrected chi connectivity index (χ4v) is 4.31. The fourth-order valence-electron chi connectivity index (χ4n) is 3.35. The van der Waals surface area contributed by atoms with E-state index in [0.717, 1.165) is 17.4 Å². The predicted octanol–water partition coefficient (Wildman–Crippen LogP) is 2.76. The van der Waals surface area contributed by atoms with Crippen LogP contribution in [0, 0.1) is 0 Å². The maximum absolute atomic E-state index is 13.8. The van der Waals surface area contributed by atoms with Crippen molar-refractivity contribution >= 4 is 58.1 Å². The molecule has 3 rings (SSSR count). The molecule has 14 heteroatoms. The van der Waals surface area contributed by atoms with Crippen molar-refractivity contribution in [1.82, 2.24) is 16.0 Å². The van der Waals surface area contributed by atoms with Gasteiger partial charge in [0.1, 0.15) is 12.6 Å². The SMILES string of the molecule is CCNC(=O)N[C@H](CNC(=O)c1ccc(Cl)s1)C(=O)Nc1ccc(N2CCOCC2=O)c(C(F)F)c1. The Balaban J connectivity index is 1.75. The zero-order valence-electron chi connectivity index (χ0n) is 19.1. The number of nitrogens with one attached hydrogen (secondary N) is 4. The van der Waals surface area contributed by atoms with Gasteiger partial charge in [-0.05, 0) is 37.3 Å². The summed E-state index contributed by atoms with van der Waals surface area (Å²) in [6.45, 7) is 1.82. The summed E-state index contributed by atoms with van der Waals surface area (Å²) in [6.07, 6.45) is -2.92. The number of hydrogen-bond donors (Lipinski definition) is 4. The summed E-state index contributed by atoms with van der Waals surface area (Å²) in [6, 6.07) is 4.93. The summed E-state index contributed by atoms with van der Waals surface area (Å²) in [5, 5.41) is 9.95. The molecule has 0 spiro atoms. The Kier molecular flexibility index (Phi) is 9.56. The van der Waals surface area contributed by atoms with Crippen molar-refractivity contribution in [1.29, 1.82) is 0 Å². The second kappa shape index (κ2) is 12.6. The van der Waals surface area contributed by atoms with Crippen molar-refractivity contribution in [3.05, 3.63) is 45.1 Å². The number of halogens is 3. The van der Waals surface area contributed by atoms with Crippen molar-refractivity contribution in [2.75, 3.05) is 43.1 Å². The number of morpholine rings is 1. The number of urea groups is 1. The zero-order valence-corrected chi connectivity index (χ0v) is 20.7. The third kappa shape index (κ3) is 7.12. The molecule has 1 aromatic heterocycles. The van der Waals surface area contributed by atoms with E-state index < -0.39 is 41.8 Å². The summed E-state index contributed by atoms with van der Waals surface area (Å²) in [5.41, 5.74) is -0.395. The first-order chi connectivity index (χ1) is 17.2. The highest BCUT2D eigenvalue weighted by Crippen LogP contribution is 2.33. The zero-order chi connectivity index (χ0) is 26.2. The first kappa shape index (κ1) is 27.3. The number of rotatable bonds is 9. The highest BCUT2D eigenvalue weighted by molar-refractivity contribution is 7.18. The summed E-state index contributed by atoms with van der Waals surface area (Å²) in [4.78, 5) is 51.0. The minimum atomic E-state index is -2.92. The Morgan fingerprint density at radius 1 is 1.19 bits per heavy atom. The number of ether oxygens (including phenoxy) is 1. The minimum Gasteiger partial charge on any atom is -0.370 e. The van der Waals surface area contributed by atoms with Crippen LogP contribution in [0.4, 0.5) is 25.0 Å². The molecule has 1 aliphatic heterocycles. The Morgan fingerprint density at radius 2 is 1.97 bits per heavy atom. The molecule has 10 nitrogen and oxygen atoms in total. The average Bonchev–Trinajstić information content (AvgIpc) is 3.28. The lowest BCUT2D eigenvalue weighted by molar-refractivity contribution is -0.125. The molecule has 0 radical (unpaired) electrons. The Labute approximate surface area is 214 Å². The van der Waals surface area contributed by atoms with E-state index >= 15 is 0 Å². The minimum absolute atomic E-state index is 0.0233. The Bertz CT molecular complexity index is 1130. The number of anilines is 2. The van der Waals surface area contributed by atoms with Gasteiger partial charge in [-0.25, -0.2) is 13.6 Å². The van der Waals surface area contributed by atoms with Gasteiger partial charge in [0.25, 0.3) is 18.2 Å². The van der Waals surface area contributed by atoms with Crippen LogP contribution in [0.1, 0.15) is 28.6 Å². The summed E-state index contributed by atoms with van der Waals surface area (Å²) in [5.74, 6) is -1.70. The Morgan fingerprint density at radius 3 is 2.61 bits per heavy atom. The van der Waals surface area contributed by atoms with E-state index in [2.05, 4.69) is 21.3 Å². The van der Waals surface area contributed by atoms with E-state index in [1.807, 2.05) is 0 Å². The van der Waals surface area contributed by atoms with Crippen LogP contribution in [0.15, 0.2) is 30.3 Å². The van der Waals surface area contributed by atoms with Gasteiger partial charge in [-0.2, -0.15) is 0 Å². The summed E-state index contributed by atoms with van der Waals surface area (Å²) >= 11 is 6.89. The van der Waals surface area contributed by atoms with Gasteiger partial charge in [0.2, 0.25) is 5.91 Å². The normalized spacial score (nSPS) is 14.4. The molecule has 2 heterocycles. The first-order valence-electron chi connectivity index (χ1n) is 10.9. The van der Waals surface area contributed by atoms with Gasteiger partial charge >= 0.3 is 6.03 Å². The lowest BCUT2D eigenvalue weighted by atomic mass is 10.1. The van der Waals surface area contributed by atoms with Crippen LogP contribution in [-0.2, 0) is 14.3 Å². The number of hydrogen-bond acceptors (Lipinski definition) is 6. The van der Waals surface area contributed by atoms with Gasteiger partial charge in [-0.1, -0.05) is 11.6 Å². The molecule has 1 aliphatic rings. The number of carbonyl (C=O) groups excluding carboxylic acids is 4. The molecular formula is C22H24ClF2N5O5S. The van der Waals surface area contributed by atoms with Crippen molar-refractivity contribution in [2.45, 2.75) is 19.4 Å². The average molecular weight is 544 g/mol. The maximum Gasteiger partial charge on any atom is 0.315 e. The van der Waals surface area contributed by atoms with E-state index in [0.29, 0.717) is 15.8 Å². The van der Waals surface area contributed by atoms with Gasteiger partial charge < -0.3 is 30.9 Å². The standard InChI is InChI=1S/C22H24ClF2N5O5S/c1-2-26-22(34)29-14(10-27-21(33)16-5-6-17(23)36-16)20(32)28-12-3-4-15(13(9-12)19(24)25)30-7-8-35-11-18(30)31/h3-6,9,14,19H,2,7-8,10-11H2,1H3,(H,27,33)(H,28,32)(H2,26,29,34)/t14-/m1/s1. The van der Waals surface area contributed by atoms with Gasteiger partial charge in [0.15, 0.2) is 0 Å². The maximum atomic E-state index is 13.8. The van der Waals surface area contributed by atoms with Gasteiger partial charge in [-0.3, -0.25) is 14.4 Å². The van der Waals surface area contributed by atoms with Crippen LogP contribution in [-0.4, -0.2) is 62.6 Å². The molecule has 1 atom stereocenters. The molecule has 36 heavy (non-hydrogen) atoms. The lowest BCUT2D eigenvalue weighted by Crippen LogP contribution is -2.53. The topological polar surface area (TPSA) is 129 Å². The molecule has 1 aromatic carbocycles. The van der Waals surface area contributed by atoms with Gasteiger partial charge in [0, 0.05) is 30.9 Å². The highest BCUT2D eigenvalue weighted by atomic mass is 35.5. The van der Waals surface area contributed by atoms with E-state index in [4.69, 9.17) is 16.3 Å². The third-order valence-electron chi connectivity index (χ3n) is 5.03. The molecule has 0 unspecified atom stereocenters. The number of alkyl halides is 2. The summed E-state index contributed by atoms with van der Waals surface area (Å²) in [7, 11) is 0. The molecule has 4 N–H and O–H groups in total. The quantitative estimate of drug-likeness (QED) is 0.386. The van der Waals surface area contributed by atoms with Crippen LogP contribution in [0.5, 0.6) is 0 Å². The van der Waals surface area contributed by atoms with Crippen molar-refractivity contribution in [3.63, 3.8) is 0 Å². The van der Waals surface area contributed by atoms with Gasteiger partial charge in [0.05, 0.1) is 21.5 Å². The van der Waals surface area contributed by atoms with Crippen molar-refractivity contribution < 1.29 is 32.7 Å². The molecular weight excluding hydrogens is 520 g/mol. The van der Waals surface area contributed by atoms with Crippen LogP contribution < -0.4 is 26.2 Å². The monoisotopic (exact) mass is 543 g/mol. The Hall–Kier alpha value is -3.29. The molecule has 5 amide bonds. The van der Waals surface area contributed by atoms with E-state index in [-0.39, 0.29) is 37.7 Å². The number of carbonyl (C=O) groups is 4. The van der Waals surface area contributed by atoms with Crippen molar-refractivity contribution in [3.8, 4) is 0 Å². The predicted molar refractivity (Wildman–Crippen MR) is 131 cm³/mol. The molecule has 0 aliphatic carbocycles. The second-order valence-electron chi connectivity index (χ2n) is 7.53. The number of benzene rings is 1. The lowest BCUT2D eigenvalue weighted by Gasteiger charge is -2.29. The van der Waals surface area contributed by atoms with E-state index in [1.54, 1.807) is 13.0 Å². The van der Waals surface area contributed by atoms with Crippen LogP contribution in [0.3, 0.4) is 0 Å². The number of nitrogens with zero attached hydrogens (tertiary/aromatic N) is 1. The van der Waals surface area contributed by atoms with Crippen molar-refractivity contribution in [2.24, 2.45) is 0 Å². The molecule has 1 saturated heterocycles. The number of thiophene rings is 1. The molecule has 0 bridgehead atoms. The van der Waals surface area contributed by atoms with Crippen LogP contribution >= 0.6 is 22.9 Å². The van der Waals surface area contributed by atoms with Crippen LogP contribution in [0.25, 0.3) is 0 Å². The molecule has 2 aromatic rings. The highest BCUT2D eigenvalue weighted by Gasteiger charge is 2.27. The third-order valence-corrected chi connectivity index (χ3v) is 6.26. The van der Waals surface area contributed by atoms with E-state index in [1.165, 1.54) is 23.1 Å².